The van der Waals surface area contributed by atoms with Crippen LogP contribution in [0, 0.1) is 17.3 Å². The Labute approximate surface area is 386 Å². The Morgan fingerprint density at radius 2 is 1.79 bits per heavy atom. The summed E-state index contributed by atoms with van der Waals surface area (Å²) in [6, 6.07) is 8.31. The molecule has 3 aliphatic rings. The number of fused-ring (bicyclic) bond motifs is 6. The van der Waals surface area contributed by atoms with E-state index in [1.165, 1.54) is 16.0 Å². The molecule has 6 bridgehead atoms. The number of nitrogens with one attached hydrogen (secondary N) is 2. The highest BCUT2D eigenvalue weighted by molar-refractivity contribution is 5.97. The van der Waals surface area contributed by atoms with E-state index in [1.54, 1.807) is 50.7 Å². The van der Waals surface area contributed by atoms with Crippen molar-refractivity contribution in [1.29, 1.82) is 0 Å². The van der Waals surface area contributed by atoms with Crippen LogP contribution < -0.4 is 20.2 Å². The maximum atomic E-state index is 14.7. The largest absolute Gasteiger partial charge is 0.508 e. The highest BCUT2D eigenvalue weighted by Gasteiger charge is 2.40. The van der Waals surface area contributed by atoms with Crippen LogP contribution in [0.4, 0.5) is 0 Å². The van der Waals surface area contributed by atoms with Gasteiger partial charge in [-0.05, 0) is 91.1 Å². The number of hydrogen-bond donors (Lipinski definition) is 3. The van der Waals surface area contributed by atoms with Crippen LogP contribution in [-0.4, -0.2) is 125 Å². The number of ether oxygens (including phenoxy) is 3. The smallest absolute Gasteiger partial charge is 0.324 e. The summed E-state index contributed by atoms with van der Waals surface area (Å²) in [6.45, 7) is 15.0. The molecule has 16 heteroatoms. The molecule has 3 aliphatic heterocycles. The number of likely N-dealkylation sites (tertiary alicyclic amines) is 1. The zero-order valence-corrected chi connectivity index (χ0v) is 39.3. The van der Waals surface area contributed by atoms with E-state index in [0.29, 0.717) is 61.4 Å². The Morgan fingerprint density at radius 3 is 2.45 bits per heavy atom. The summed E-state index contributed by atoms with van der Waals surface area (Å²) < 4.78 is 20.1. The minimum absolute atomic E-state index is 0.0251. The minimum Gasteiger partial charge on any atom is -0.508 e. The van der Waals surface area contributed by atoms with Gasteiger partial charge < -0.3 is 39.0 Å². The second-order valence-corrected chi connectivity index (χ2v) is 18.8. The molecule has 3 N–H and O–H groups in total. The van der Waals surface area contributed by atoms with Gasteiger partial charge in [0.2, 0.25) is 17.7 Å². The van der Waals surface area contributed by atoms with Crippen LogP contribution in [0.5, 0.6) is 17.2 Å². The Kier molecular flexibility index (Phi) is 14.1. The molecule has 7 rings (SSSR count). The normalized spacial score (nSPS) is 20.3. The van der Waals surface area contributed by atoms with Crippen molar-refractivity contribution < 1.29 is 43.3 Å². The maximum Gasteiger partial charge on any atom is 0.324 e. The van der Waals surface area contributed by atoms with Gasteiger partial charge in [-0.25, -0.2) is 5.43 Å². The average Bonchev–Trinajstić information content (AvgIpc) is 3.91. The molecule has 4 amide bonds. The number of aromatic nitrogens is 2. The molecule has 0 aliphatic carbocycles. The van der Waals surface area contributed by atoms with Crippen molar-refractivity contribution in [2.24, 2.45) is 17.3 Å². The molecule has 4 atom stereocenters. The van der Waals surface area contributed by atoms with Gasteiger partial charge in [0.05, 0.1) is 50.4 Å². The van der Waals surface area contributed by atoms with E-state index in [9.17, 15) is 29.1 Å². The Hall–Kier alpha value is -6.42. The molecule has 0 radical (unpaired) electrons. The number of phenols is 1. The summed E-state index contributed by atoms with van der Waals surface area (Å²) in [5, 5.41) is 16.6. The van der Waals surface area contributed by atoms with E-state index >= 15 is 0 Å². The van der Waals surface area contributed by atoms with E-state index in [0.717, 1.165) is 33.3 Å². The van der Waals surface area contributed by atoms with E-state index in [1.807, 2.05) is 45.9 Å². The number of pyridine rings is 1. The fourth-order valence-corrected chi connectivity index (χ4v) is 9.86. The number of amides is 4. The molecule has 16 nitrogen and oxygen atoms in total. The number of hydrazine groups is 1. The standard InChI is InChI=1S/C50H63N7O9/c1-10-42(59)55-18-16-32(27-55)47(61)54(7)44(29(3)4)46(60)52-38-21-30-19-33(22-34(58)20-30)31-14-15-39-35(23-31)36(45(56(39)11-2)43-40(64-8)25-51-26-41(43)65-9)24-50(5,6)28-66-49(63)37-13-12-17-57(53-37)48(38)62/h10,14-15,19-20,22-23,25-26,29,32,37-38,44,53,58H,1,11-13,16-18,21,24,27-28H2,2-9H3,(H,52,60)/t32-,37-,38-,44?/m0/s1. The predicted molar refractivity (Wildman–Crippen MR) is 249 cm³/mol. The monoisotopic (exact) mass is 905 g/mol. The first kappa shape index (κ1) is 47.5. The van der Waals surface area contributed by atoms with E-state index in [2.05, 4.69) is 39.9 Å². The number of carbonyl (C=O) groups is 5. The second-order valence-electron chi connectivity index (χ2n) is 18.8. The number of rotatable bonds is 10. The van der Waals surface area contributed by atoms with Gasteiger partial charge in [0.15, 0.2) is 0 Å². The molecule has 4 aromatic rings. The SMILES string of the molecule is C=CC(=O)N1CC[C@H](C(=O)N(C)C(C(=O)N[C@H]2Cc3cc(O)cc(c3)-c3ccc4c(c3)c(c(-c3c(OC)cncc3OC)n4CC)CC(C)(C)COC(=O)[C@@H]3CCCN(N3)C2=O)C(C)C)C1. The lowest BCUT2D eigenvalue weighted by atomic mass is 9.84. The number of benzene rings is 2. The number of nitrogens with zero attached hydrogens (tertiary/aromatic N) is 5. The molecule has 2 aromatic carbocycles. The van der Waals surface area contributed by atoms with Gasteiger partial charge in [-0.2, -0.15) is 0 Å². The number of hydrogen-bond acceptors (Lipinski definition) is 11. The van der Waals surface area contributed by atoms with Crippen molar-refractivity contribution in [1.82, 2.24) is 35.1 Å². The summed E-state index contributed by atoms with van der Waals surface area (Å²) in [4.78, 5) is 76.7. The number of carbonyl (C=O) groups excluding carboxylic acids is 5. The number of phenolic OH excluding ortho intramolecular Hbond substituents is 1. The first-order valence-electron chi connectivity index (χ1n) is 22.8. The summed E-state index contributed by atoms with van der Waals surface area (Å²) in [7, 11) is 4.77. The van der Waals surface area contributed by atoms with Crippen LogP contribution in [0.25, 0.3) is 33.3 Å². The second kappa shape index (κ2) is 19.6. The van der Waals surface area contributed by atoms with Gasteiger partial charge in [0.25, 0.3) is 5.91 Å². The predicted octanol–water partition coefficient (Wildman–Crippen LogP) is 5.28. The van der Waals surface area contributed by atoms with Crippen molar-refractivity contribution in [2.75, 3.05) is 47.5 Å². The number of methoxy groups -OCH3 is 2. The van der Waals surface area contributed by atoms with Crippen LogP contribution in [0.1, 0.15) is 65.0 Å². The number of esters is 1. The van der Waals surface area contributed by atoms with Crippen LogP contribution in [0.3, 0.4) is 0 Å². The van der Waals surface area contributed by atoms with Gasteiger partial charge in [0.1, 0.15) is 35.4 Å². The maximum absolute atomic E-state index is 14.7. The summed E-state index contributed by atoms with van der Waals surface area (Å²) >= 11 is 0. The zero-order valence-electron chi connectivity index (χ0n) is 39.3. The van der Waals surface area contributed by atoms with Crippen LogP contribution in [0.15, 0.2) is 61.4 Å². The Bertz CT molecular complexity index is 2510. The first-order valence-corrected chi connectivity index (χ1v) is 22.8. The molecule has 0 spiro atoms. The Balaban J connectivity index is 1.32. The molecule has 0 saturated carbocycles. The average molecular weight is 906 g/mol. The zero-order chi connectivity index (χ0) is 47.6. The number of aryl methyl sites for hydroxylation is 1. The van der Waals surface area contributed by atoms with Crippen molar-refractivity contribution in [3.05, 3.63) is 72.6 Å². The molecule has 2 fully saturated rings. The van der Waals surface area contributed by atoms with E-state index < -0.39 is 47.2 Å². The lowest BCUT2D eigenvalue weighted by Crippen LogP contribution is -2.62. The fourth-order valence-electron chi connectivity index (χ4n) is 9.86. The molecule has 66 heavy (non-hydrogen) atoms. The van der Waals surface area contributed by atoms with Crippen LogP contribution in [-0.2, 0) is 48.1 Å². The Morgan fingerprint density at radius 1 is 1.06 bits per heavy atom. The van der Waals surface area contributed by atoms with Gasteiger partial charge >= 0.3 is 5.97 Å². The highest BCUT2D eigenvalue weighted by atomic mass is 16.5. The first-order chi connectivity index (χ1) is 31.5. The molecule has 352 valence electrons. The molecule has 1 unspecified atom stereocenters. The third-order valence-corrected chi connectivity index (χ3v) is 13.1. The number of aromatic hydroxyl groups is 1. The van der Waals surface area contributed by atoms with Gasteiger partial charge in [-0.1, -0.05) is 46.4 Å². The van der Waals surface area contributed by atoms with Gasteiger partial charge in [0, 0.05) is 56.0 Å². The topological polar surface area (TPSA) is 185 Å². The quantitative estimate of drug-likeness (QED) is 0.139. The molecular weight excluding hydrogens is 843 g/mol. The summed E-state index contributed by atoms with van der Waals surface area (Å²) in [5.41, 5.74) is 8.13. The molecule has 5 heterocycles. The van der Waals surface area contributed by atoms with E-state index in [4.69, 9.17) is 14.2 Å². The van der Waals surface area contributed by atoms with Crippen LogP contribution in [0.2, 0.25) is 0 Å². The number of cyclic esters (lactones) is 1. The molecule has 2 aromatic heterocycles. The lowest BCUT2D eigenvalue weighted by molar-refractivity contribution is -0.155. The van der Waals surface area contributed by atoms with Crippen molar-refractivity contribution in [3.63, 3.8) is 0 Å². The van der Waals surface area contributed by atoms with Gasteiger partial charge in [-0.15, -0.1) is 0 Å². The van der Waals surface area contributed by atoms with Crippen LogP contribution >= 0.6 is 0 Å². The van der Waals surface area contributed by atoms with Crippen molar-refractivity contribution in [2.45, 2.75) is 91.4 Å². The third kappa shape index (κ3) is 9.60. The summed E-state index contributed by atoms with van der Waals surface area (Å²) in [6.07, 6.45) is 6.38. The lowest BCUT2D eigenvalue weighted by Gasteiger charge is -2.37. The van der Waals surface area contributed by atoms with Gasteiger partial charge in [-0.3, -0.25) is 34.0 Å². The van der Waals surface area contributed by atoms with Crippen molar-refractivity contribution >= 4 is 40.5 Å². The minimum atomic E-state index is -1.18. The molecule has 2 saturated heterocycles. The number of likely N-dealkylation sites (N-methyl/N-ethyl adjacent to an activating group) is 1. The fraction of sp³-hybridized carbons (Fsp3) is 0.480. The van der Waals surface area contributed by atoms with E-state index in [-0.39, 0.29) is 49.6 Å². The molecular formula is C50H63N7O9. The summed E-state index contributed by atoms with van der Waals surface area (Å²) in [5.74, 6) is -1.87. The highest BCUT2D eigenvalue weighted by Crippen LogP contribution is 2.46. The van der Waals surface area contributed by atoms with Crippen molar-refractivity contribution in [3.8, 4) is 39.6 Å². The third-order valence-electron chi connectivity index (χ3n) is 13.1.